The number of rotatable bonds is 5. The summed E-state index contributed by atoms with van der Waals surface area (Å²) in [6.07, 6.45) is 9.54. The Morgan fingerprint density at radius 1 is 0.545 bits per heavy atom. The summed E-state index contributed by atoms with van der Waals surface area (Å²) in [5.41, 5.74) is 17.0. The molecule has 0 N–H and O–H groups in total. The van der Waals surface area contributed by atoms with Crippen molar-refractivity contribution in [1.29, 1.82) is 0 Å². The summed E-state index contributed by atoms with van der Waals surface area (Å²) in [6, 6.07) is 78.8. The molecule has 5 heterocycles. The van der Waals surface area contributed by atoms with Crippen LogP contribution >= 0.6 is 0 Å². The minimum absolute atomic E-state index is 0. The van der Waals surface area contributed by atoms with Gasteiger partial charge in [-0.05, 0) is 84.8 Å². The van der Waals surface area contributed by atoms with E-state index in [0.717, 1.165) is 50.3 Å². The van der Waals surface area contributed by atoms with Gasteiger partial charge in [0.05, 0.1) is 0 Å². The summed E-state index contributed by atoms with van der Waals surface area (Å²) in [5, 5.41) is 6.56. The Hall–Kier alpha value is -6.54. The number of aromatic nitrogens is 3. The largest absolute Gasteiger partial charge is 0.514 e. The van der Waals surface area contributed by atoms with Gasteiger partial charge in [0.1, 0.15) is 5.58 Å². The van der Waals surface area contributed by atoms with E-state index in [4.69, 9.17) is 4.42 Å². The minimum Gasteiger partial charge on any atom is -0.514 e. The van der Waals surface area contributed by atoms with E-state index in [-0.39, 0.29) is 85.8 Å². The van der Waals surface area contributed by atoms with Crippen molar-refractivity contribution in [3.8, 4) is 39.2 Å². The molecule has 12 heteroatoms. The maximum absolute atomic E-state index is 5.99. The first-order valence-corrected chi connectivity index (χ1v) is 24.2. The van der Waals surface area contributed by atoms with Crippen LogP contribution in [0, 0.1) is 37.6 Å². The fourth-order valence-electron chi connectivity index (χ4n) is 9.56. The third-order valence-corrected chi connectivity index (χ3v) is 13.2. The molecular formula is C65H51Ir4N7O-6. The fraction of sp³-hybridized carbons (Fsp3) is 0.0769. The summed E-state index contributed by atoms with van der Waals surface area (Å²) in [7, 11) is 4.05. The molecule has 11 aromatic rings. The van der Waals surface area contributed by atoms with Gasteiger partial charge in [0.15, 0.2) is 0 Å². The number of hydrogen-bond acceptors (Lipinski definition) is 7. The van der Waals surface area contributed by atoms with Gasteiger partial charge in [-0.3, -0.25) is 4.68 Å². The van der Waals surface area contributed by atoms with Crippen LogP contribution in [-0.2, 0) is 85.8 Å². The van der Waals surface area contributed by atoms with E-state index < -0.39 is 0 Å². The van der Waals surface area contributed by atoms with Crippen molar-refractivity contribution in [2.75, 3.05) is 28.8 Å². The quantitative estimate of drug-likeness (QED) is 0.159. The molecular weight excluding hydrogens is 1660 g/mol. The molecule has 1 aliphatic carbocycles. The van der Waals surface area contributed by atoms with E-state index in [2.05, 4.69) is 169 Å². The Morgan fingerprint density at radius 3 is 2.04 bits per heavy atom. The SMILES string of the molecule is CC1(C)c2ccccc2-c2c[c-]c(-n3cccn3)cc21.CN1C=CN(c2[c-]ccc3c2oc2ccccc23)[CH-]1.CN1[CH-]N(c2[c-]cccc2)c2ccccc21.[Ir].[Ir].[Ir].[Ir].[c-]1ccc(-c2ccccc2)cc1-c1ccccn1. The second kappa shape index (κ2) is 26.2. The topological polar surface area (TPSA) is 56.8 Å². The predicted molar refractivity (Wildman–Crippen MR) is 297 cm³/mol. The Labute approximate surface area is 505 Å². The van der Waals surface area contributed by atoms with Gasteiger partial charge in [-0.15, -0.1) is 58.3 Å². The number of furan rings is 1. The number of para-hydroxylation sites is 4. The molecule has 0 saturated heterocycles. The fourth-order valence-corrected chi connectivity index (χ4v) is 9.56. The van der Waals surface area contributed by atoms with Crippen LogP contribution in [0.15, 0.2) is 230 Å². The van der Waals surface area contributed by atoms with Crippen LogP contribution in [0.5, 0.6) is 0 Å². The predicted octanol–water partition coefficient (Wildman–Crippen LogP) is 15.1. The van der Waals surface area contributed by atoms with E-state index in [0.29, 0.717) is 0 Å². The van der Waals surface area contributed by atoms with E-state index in [1.54, 1.807) is 12.4 Å². The molecule has 3 aliphatic rings. The monoisotopic (exact) mass is 1720 g/mol. The number of pyridine rings is 1. The number of benzene rings is 8. The maximum atomic E-state index is 5.99. The Kier molecular flexibility index (Phi) is 19.8. The van der Waals surface area contributed by atoms with E-state index >= 15 is 0 Å². The molecule has 0 amide bonds. The van der Waals surface area contributed by atoms with Gasteiger partial charge in [0, 0.05) is 121 Å². The molecule has 2 aliphatic heterocycles. The normalized spacial score (nSPS) is 12.9. The molecule has 394 valence electrons. The molecule has 0 saturated carbocycles. The van der Waals surface area contributed by atoms with Gasteiger partial charge in [-0.2, -0.15) is 79.1 Å². The summed E-state index contributed by atoms with van der Waals surface area (Å²) >= 11 is 0. The molecule has 0 atom stereocenters. The first-order valence-electron chi connectivity index (χ1n) is 24.2. The van der Waals surface area contributed by atoms with Gasteiger partial charge in [0.25, 0.3) is 0 Å². The zero-order chi connectivity index (χ0) is 49.7. The van der Waals surface area contributed by atoms with Crippen molar-refractivity contribution in [1.82, 2.24) is 19.7 Å². The van der Waals surface area contributed by atoms with Crippen molar-refractivity contribution < 1.29 is 84.8 Å². The third kappa shape index (κ3) is 12.4. The molecule has 0 bridgehead atoms. The molecule has 0 spiro atoms. The Morgan fingerprint density at radius 2 is 1.29 bits per heavy atom. The van der Waals surface area contributed by atoms with Gasteiger partial charge in [0.2, 0.25) is 0 Å². The van der Waals surface area contributed by atoms with Crippen molar-refractivity contribution in [2.45, 2.75) is 19.3 Å². The average Bonchev–Trinajstić information content (AvgIpc) is 4.37. The molecule has 8 aromatic carbocycles. The molecule has 8 nitrogen and oxygen atoms in total. The van der Waals surface area contributed by atoms with Gasteiger partial charge in [-0.25, -0.2) is 0 Å². The first kappa shape index (κ1) is 58.1. The molecule has 0 fully saturated rings. The number of anilines is 4. The van der Waals surface area contributed by atoms with Crippen molar-refractivity contribution in [3.05, 3.63) is 274 Å². The first-order chi connectivity index (χ1) is 35.8. The molecule has 4 radical (unpaired) electrons. The van der Waals surface area contributed by atoms with Crippen LogP contribution in [0.3, 0.4) is 0 Å². The molecule has 0 unspecified atom stereocenters. The zero-order valence-electron chi connectivity index (χ0n) is 42.4. The molecule has 14 rings (SSSR count). The van der Waals surface area contributed by atoms with Gasteiger partial charge in [-0.1, -0.05) is 128 Å². The van der Waals surface area contributed by atoms with Crippen LogP contribution in [0.4, 0.5) is 22.7 Å². The van der Waals surface area contributed by atoms with E-state index in [9.17, 15) is 0 Å². The number of fused-ring (bicyclic) bond motifs is 7. The van der Waals surface area contributed by atoms with Crippen molar-refractivity contribution >= 4 is 44.7 Å². The Balaban J connectivity index is 0.000000147. The summed E-state index contributed by atoms with van der Waals surface area (Å²) < 4.78 is 7.85. The van der Waals surface area contributed by atoms with Gasteiger partial charge >= 0.3 is 0 Å². The van der Waals surface area contributed by atoms with Crippen molar-refractivity contribution in [3.63, 3.8) is 0 Å². The summed E-state index contributed by atoms with van der Waals surface area (Å²) in [4.78, 5) is 12.6. The number of nitrogens with zero attached hydrogens (tertiary/aromatic N) is 7. The van der Waals surface area contributed by atoms with Crippen LogP contribution in [0.1, 0.15) is 25.0 Å². The van der Waals surface area contributed by atoms with Crippen molar-refractivity contribution in [2.24, 2.45) is 0 Å². The molecule has 77 heavy (non-hydrogen) atoms. The summed E-state index contributed by atoms with van der Waals surface area (Å²) in [5.74, 6) is 0. The second-order valence-corrected chi connectivity index (χ2v) is 18.3. The summed E-state index contributed by atoms with van der Waals surface area (Å²) in [6.45, 7) is 8.64. The van der Waals surface area contributed by atoms with Crippen LogP contribution in [0.2, 0.25) is 0 Å². The van der Waals surface area contributed by atoms with E-state index in [1.165, 1.54) is 44.8 Å². The zero-order valence-corrected chi connectivity index (χ0v) is 52.0. The average molecular weight is 1720 g/mol. The second-order valence-electron chi connectivity index (χ2n) is 18.3. The van der Waals surface area contributed by atoms with Crippen LogP contribution in [0.25, 0.3) is 61.1 Å². The van der Waals surface area contributed by atoms with Gasteiger partial charge < -0.3 is 29.0 Å². The van der Waals surface area contributed by atoms with E-state index in [1.807, 2.05) is 144 Å². The maximum Gasteiger partial charge on any atom is 0.116 e. The number of hydrogen-bond donors (Lipinski definition) is 0. The van der Waals surface area contributed by atoms with Crippen LogP contribution in [-0.4, -0.2) is 33.8 Å². The smallest absolute Gasteiger partial charge is 0.116 e. The third-order valence-electron chi connectivity index (χ3n) is 13.2. The van der Waals surface area contributed by atoms with Crippen LogP contribution < -0.4 is 14.7 Å². The molecule has 3 aromatic heterocycles. The Bertz CT molecular complexity index is 3630. The standard InChI is InChI=1S/C18H15N2.C17H12N.C16H12N2O.C14H12N2.4Ir/c1-18(2)16-7-4-3-6-14(16)15-9-8-13(12-17(15)18)20-11-5-10-19-20;1-2-7-14(8-3-1)15-9-6-10-16(13-15)17-11-4-5-12-18-17;1-17-9-10-18(11-17)14-7-4-6-13-12-5-2-3-8-15(12)19-16(13)14;1-15-11-16(12-7-3-2-4-8-12)14-10-6-5-9-13(14)15;;;;/h3-7,9-12H,1-2H3;1-9,11-13H;2-6,8-11H,1H3;2-7,9-11H,1H3;;;;/q2*-1;2*-2;;;;. The minimum atomic E-state index is 0.